The van der Waals surface area contributed by atoms with Crippen LogP contribution in [0.3, 0.4) is 0 Å². The van der Waals surface area contributed by atoms with Crippen LogP contribution in [0.15, 0.2) is 42.6 Å². The maximum atomic E-state index is 11.4. The van der Waals surface area contributed by atoms with Gasteiger partial charge in [-0.05, 0) is 73.5 Å². The molecule has 168 valence electrons. The normalized spacial score (nSPS) is 23.8. The molecule has 32 heavy (non-hydrogen) atoms. The van der Waals surface area contributed by atoms with Crippen molar-refractivity contribution < 1.29 is 19.4 Å². The predicted octanol–water partition coefficient (Wildman–Crippen LogP) is 4.93. The van der Waals surface area contributed by atoms with Gasteiger partial charge in [0.2, 0.25) is 0 Å². The number of nitrogens with one attached hydrogen (secondary N) is 1. The summed E-state index contributed by atoms with van der Waals surface area (Å²) in [4.78, 5) is 17.2. The highest BCUT2D eigenvalue weighted by molar-refractivity contribution is 5.88. The summed E-state index contributed by atoms with van der Waals surface area (Å²) in [5.74, 6) is 0.0241. The topological polar surface area (TPSA) is 74.8 Å². The van der Waals surface area contributed by atoms with Gasteiger partial charge in [-0.1, -0.05) is 12.1 Å². The Morgan fingerprint density at radius 2 is 2.09 bits per heavy atom. The Balaban J connectivity index is 1.52. The molecule has 5 rings (SSSR count). The molecule has 2 aliphatic rings. The van der Waals surface area contributed by atoms with E-state index in [4.69, 9.17) is 9.47 Å². The average molecular weight is 435 g/mol. The zero-order valence-electron chi connectivity index (χ0n) is 18.7. The number of H-pyrrole nitrogens is 1. The number of fused-ring (bicyclic) bond motifs is 1. The lowest BCUT2D eigenvalue weighted by Crippen LogP contribution is -2.42. The van der Waals surface area contributed by atoms with Gasteiger partial charge in [0, 0.05) is 41.9 Å². The van der Waals surface area contributed by atoms with E-state index in [1.165, 1.54) is 16.5 Å². The Hall–Kier alpha value is -2.83. The number of carboxylic acid groups (broad SMARTS) is 1. The second-order valence-corrected chi connectivity index (χ2v) is 9.31. The Bertz CT molecular complexity index is 1130. The van der Waals surface area contributed by atoms with Crippen molar-refractivity contribution in [2.45, 2.75) is 38.8 Å². The van der Waals surface area contributed by atoms with Gasteiger partial charge in [0.25, 0.3) is 0 Å². The van der Waals surface area contributed by atoms with Gasteiger partial charge >= 0.3 is 5.97 Å². The first kappa shape index (κ1) is 21.0. The molecule has 2 atom stereocenters. The van der Waals surface area contributed by atoms with Crippen LogP contribution >= 0.6 is 0 Å². The summed E-state index contributed by atoms with van der Waals surface area (Å²) in [5, 5.41) is 10.5. The molecule has 0 aliphatic carbocycles. The molecule has 3 aromatic rings. The second-order valence-electron chi connectivity index (χ2n) is 9.31. The van der Waals surface area contributed by atoms with Crippen molar-refractivity contribution in [3.63, 3.8) is 0 Å². The first-order valence-electron chi connectivity index (χ1n) is 11.3. The molecular weight excluding hydrogens is 404 g/mol. The van der Waals surface area contributed by atoms with Gasteiger partial charge in [-0.2, -0.15) is 0 Å². The second kappa shape index (κ2) is 8.26. The van der Waals surface area contributed by atoms with Crippen molar-refractivity contribution in [3.05, 3.63) is 64.8 Å². The summed E-state index contributed by atoms with van der Waals surface area (Å²) in [6, 6.07) is 11.8. The number of benzene rings is 2. The molecular formula is C26H30N2O4. The smallest absolute Gasteiger partial charge is 0.335 e. The van der Waals surface area contributed by atoms with E-state index in [-0.39, 0.29) is 11.5 Å². The third kappa shape index (κ3) is 3.67. The van der Waals surface area contributed by atoms with Gasteiger partial charge in [-0.15, -0.1) is 0 Å². The van der Waals surface area contributed by atoms with Gasteiger partial charge in [0.05, 0.1) is 19.3 Å². The summed E-state index contributed by atoms with van der Waals surface area (Å²) >= 11 is 0. The number of methoxy groups -OCH3 is 1. The van der Waals surface area contributed by atoms with E-state index in [0.717, 1.165) is 62.4 Å². The van der Waals surface area contributed by atoms with Crippen LogP contribution in [-0.4, -0.2) is 47.8 Å². The number of carbonyl (C=O) groups is 1. The number of piperidine rings is 1. The van der Waals surface area contributed by atoms with E-state index < -0.39 is 5.97 Å². The van der Waals surface area contributed by atoms with Gasteiger partial charge in [0.15, 0.2) is 0 Å². The van der Waals surface area contributed by atoms with Crippen LogP contribution in [0.25, 0.3) is 10.9 Å². The van der Waals surface area contributed by atoms with Crippen molar-refractivity contribution in [2.24, 2.45) is 5.41 Å². The molecule has 3 heterocycles. The van der Waals surface area contributed by atoms with Crippen molar-refractivity contribution in [3.8, 4) is 5.75 Å². The Morgan fingerprint density at radius 1 is 1.28 bits per heavy atom. The van der Waals surface area contributed by atoms with E-state index >= 15 is 0 Å². The average Bonchev–Trinajstić information content (AvgIpc) is 3.47. The third-order valence-electron chi connectivity index (χ3n) is 7.42. The Kier molecular flexibility index (Phi) is 5.43. The number of aromatic amines is 1. The number of ether oxygens (including phenoxy) is 2. The van der Waals surface area contributed by atoms with Gasteiger partial charge in [-0.3, -0.25) is 4.90 Å². The molecule has 1 spiro atoms. The fraction of sp³-hybridized carbons (Fsp3) is 0.423. The van der Waals surface area contributed by atoms with E-state index in [2.05, 4.69) is 28.9 Å². The maximum Gasteiger partial charge on any atom is 0.335 e. The number of hydrogen-bond donors (Lipinski definition) is 2. The van der Waals surface area contributed by atoms with Crippen LogP contribution in [-0.2, 0) is 11.3 Å². The number of aromatic nitrogens is 1. The van der Waals surface area contributed by atoms with Crippen LogP contribution in [0.4, 0.5) is 0 Å². The SMILES string of the molecule is COc1cc(C)c2[nH]ccc2c1CN1CC[C@]2(CCOC2)C[C@H]1c1ccc(C(=O)O)cc1. The minimum Gasteiger partial charge on any atom is -0.496 e. The van der Waals surface area contributed by atoms with E-state index in [0.29, 0.717) is 5.56 Å². The van der Waals surface area contributed by atoms with Gasteiger partial charge in [0.1, 0.15) is 5.75 Å². The molecule has 6 heteroatoms. The van der Waals surface area contributed by atoms with Crippen LogP contribution in [0.2, 0.25) is 0 Å². The lowest BCUT2D eigenvalue weighted by Gasteiger charge is -2.45. The van der Waals surface area contributed by atoms with Crippen molar-refractivity contribution >= 4 is 16.9 Å². The highest BCUT2D eigenvalue weighted by Crippen LogP contribution is 2.48. The van der Waals surface area contributed by atoms with Crippen LogP contribution in [0.5, 0.6) is 5.75 Å². The van der Waals surface area contributed by atoms with E-state index in [1.807, 2.05) is 18.3 Å². The van der Waals surface area contributed by atoms with Crippen molar-refractivity contribution in [1.82, 2.24) is 9.88 Å². The molecule has 2 aromatic carbocycles. The molecule has 2 saturated heterocycles. The summed E-state index contributed by atoms with van der Waals surface area (Å²) in [7, 11) is 1.74. The largest absolute Gasteiger partial charge is 0.496 e. The highest BCUT2D eigenvalue weighted by atomic mass is 16.5. The zero-order chi connectivity index (χ0) is 22.3. The Morgan fingerprint density at radius 3 is 2.78 bits per heavy atom. The van der Waals surface area contributed by atoms with Gasteiger partial charge < -0.3 is 19.6 Å². The number of aromatic carboxylic acids is 1. The zero-order valence-corrected chi connectivity index (χ0v) is 18.7. The fourth-order valence-electron chi connectivity index (χ4n) is 5.54. The lowest BCUT2D eigenvalue weighted by atomic mass is 9.73. The third-order valence-corrected chi connectivity index (χ3v) is 7.42. The summed E-state index contributed by atoms with van der Waals surface area (Å²) in [6.07, 6.45) is 5.22. The molecule has 0 bridgehead atoms. The minimum atomic E-state index is -0.892. The highest BCUT2D eigenvalue weighted by Gasteiger charge is 2.43. The number of hydrogen-bond acceptors (Lipinski definition) is 4. The van der Waals surface area contributed by atoms with Crippen LogP contribution in [0, 0.1) is 12.3 Å². The maximum absolute atomic E-state index is 11.4. The van der Waals surface area contributed by atoms with E-state index in [9.17, 15) is 9.90 Å². The molecule has 0 unspecified atom stereocenters. The lowest BCUT2D eigenvalue weighted by molar-refractivity contribution is 0.0325. The predicted molar refractivity (Wildman–Crippen MR) is 123 cm³/mol. The molecule has 0 radical (unpaired) electrons. The number of nitrogens with zero attached hydrogens (tertiary/aromatic N) is 1. The standard InChI is InChI=1S/C26H30N2O4/c1-17-13-23(31-2)21(20-7-10-27-24(17)20)15-28-11-8-26(9-12-32-16-26)14-22(28)18-3-5-19(6-4-18)25(29)30/h3-7,10,13,22,27H,8-9,11-12,14-16H2,1-2H3,(H,29,30)/t22-,26-/m0/s1. The molecule has 6 nitrogen and oxygen atoms in total. The number of likely N-dealkylation sites (tertiary alicyclic amines) is 1. The monoisotopic (exact) mass is 434 g/mol. The number of carboxylic acids is 1. The first-order chi connectivity index (χ1) is 15.5. The summed E-state index contributed by atoms with van der Waals surface area (Å²) < 4.78 is 11.6. The van der Waals surface area contributed by atoms with Crippen molar-refractivity contribution in [1.29, 1.82) is 0 Å². The molecule has 1 aromatic heterocycles. The summed E-state index contributed by atoms with van der Waals surface area (Å²) in [5.41, 5.74) is 5.22. The minimum absolute atomic E-state index is 0.202. The molecule has 2 N–H and O–H groups in total. The first-order valence-corrected chi connectivity index (χ1v) is 11.3. The van der Waals surface area contributed by atoms with Crippen LogP contribution in [0.1, 0.15) is 52.4 Å². The van der Waals surface area contributed by atoms with Crippen LogP contribution < -0.4 is 4.74 Å². The van der Waals surface area contributed by atoms with Gasteiger partial charge in [-0.25, -0.2) is 4.79 Å². The molecule has 0 amide bonds. The quantitative estimate of drug-likeness (QED) is 0.596. The molecule has 2 fully saturated rings. The Labute approximate surface area is 188 Å². The summed E-state index contributed by atoms with van der Waals surface area (Å²) in [6.45, 7) is 5.50. The molecule has 2 aliphatic heterocycles. The fourth-order valence-corrected chi connectivity index (χ4v) is 5.54. The number of aryl methyl sites for hydroxylation is 1. The van der Waals surface area contributed by atoms with Crippen molar-refractivity contribution in [2.75, 3.05) is 26.9 Å². The van der Waals surface area contributed by atoms with E-state index in [1.54, 1.807) is 19.2 Å². The molecule has 0 saturated carbocycles. The number of rotatable bonds is 5.